The molecule has 1 aliphatic rings. The lowest BCUT2D eigenvalue weighted by atomic mass is 10.2. The number of nitrogens with zero attached hydrogens (tertiary/aromatic N) is 2. The minimum Gasteiger partial charge on any atom is -0.469 e. The molecule has 2 heterocycles. The normalized spacial score (nSPS) is 14.4. The van der Waals surface area contributed by atoms with Crippen molar-refractivity contribution in [2.75, 3.05) is 37.6 Å². The molecule has 3 rings (SSSR count). The van der Waals surface area contributed by atoms with Crippen LogP contribution < -0.4 is 10.2 Å². The number of hydrogen-bond donors (Lipinski definition) is 1. The highest BCUT2D eigenvalue weighted by Crippen LogP contribution is 2.20. The van der Waals surface area contributed by atoms with Gasteiger partial charge in [-0.3, -0.25) is 9.59 Å². The predicted octanol–water partition coefficient (Wildman–Crippen LogP) is 2.71. The van der Waals surface area contributed by atoms with Crippen molar-refractivity contribution in [3.05, 3.63) is 52.9 Å². The minimum absolute atomic E-state index is 0.0555. The molecule has 0 bridgehead atoms. The molecule has 2 aromatic rings. The first-order chi connectivity index (χ1) is 12.5. The fourth-order valence-electron chi connectivity index (χ4n) is 3.04. The van der Waals surface area contributed by atoms with Crippen LogP contribution in [0.2, 0.25) is 5.02 Å². The molecule has 138 valence electrons. The standard InChI is InChI=1S/C19H22ClN3O3/c1-14-17(6-12-26-14)19(25)21-7-5-18(24)23-10-8-22(9-11-23)16-4-2-3-15(20)13-16/h2-4,6,12-13H,5,7-11H2,1H3,(H,21,25). The highest BCUT2D eigenvalue weighted by atomic mass is 35.5. The average molecular weight is 376 g/mol. The van der Waals surface area contributed by atoms with E-state index in [9.17, 15) is 9.59 Å². The number of amides is 2. The highest BCUT2D eigenvalue weighted by molar-refractivity contribution is 6.30. The summed E-state index contributed by atoms with van der Waals surface area (Å²) < 4.78 is 5.11. The number of furan rings is 1. The van der Waals surface area contributed by atoms with Crippen molar-refractivity contribution >= 4 is 29.1 Å². The smallest absolute Gasteiger partial charge is 0.254 e. The molecule has 0 spiro atoms. The number of rotatable bonds is 5. The van der Waals surface area contributed by atoms with E-state index in [0.717, 1.165) is 18.8 Å². The number of nitrogens with one attached hydrogen (secondary N) is 1. The van der Waals surface area contributed by atoms with Gasteiger partial charge in [0.1, 0.15) is 5.76 Å². The minimum atomic E-state index is -0.213. The molecule has 0 atom stereocenters. The van der Waals surface area contributed by atoms with E-state index in [-0.39, 0.29) is 11.8 Å². The Labute approximate surface area is 157 Å². The molecule has 6 nitrogen and oxygen atoms in total. The van der Waals surface area contributed by atoms with Gasteiger partial charge in [0.25, 0.3) is 5.91 Å². The SMILES string of the molecule is Cc1occc1C(=O)NCCC(=O)N1CCN(c2cccc(Cl)c2)CC1. The lowest BCUT2D eigenvalue weighted by Crippen LogP contribution is -2.49. The highest BCUT2D eigenvalue weighted by Gasteiger charge is 2.21. The number of carbonyl (C=O) groups is 2. The van der Waals surface area contributed by atoms with E-state index < -0.39 is 0 Å². The zero-order valence-corrected chi connectivity index (χ0v) is 15.5. The Hall–Kier alpha value is -2.47. The summed E-state index contributed by atoms with van der Waals surface area (Å²) in [5.41, 5.74) is 1.58. The largest absolute Gasteiger partial charge is 0.469 e. The van der Waals surface area contributed by atoms with Gasteiger partial charge in [0.2, 0.25) is 5.91 Å². The Morgan fingerprint density at radius 2 is 1.96 bits per heavy atom. The maximum Gasteiger partial charge on any atom is 0.254 e. The molecule has 1 aromatic carbocycles. The maximum atomic E-state index is 12.3. The molecule has 1 aromatic heterocycles. The third-order valence-corrected chi connectivity index (χ3v) is 4.77. The topological polar surface area (TPSA) is 65.8 Å². The molecule has 26 heavy (non-hydrogen) atoms. The van der Waals surface area contributed by atoms with Crippen molar-refractivity contribution in [2.24, 2.45) is 0 Å². The van der Waals surface area contributed by atoms with E-state index in [0.29, 0.717) is 42.4 Å². The van der Waals surface area contributed by atoms with Crippen LogP contribution in [-0.4, -0.2) is 49.4 Å². The molecular weight excluding hydrogens is 354 g/mol. The van der Waals surface area contributed by atoms with Crippen LogP contribution in [0, 0.1) is 6.92 Å². The molecule has 1 saturated heterocycles. The lowest BCUT2D eigenvalue weighted by molar-refractivity contribution is -0.131. The van der Waals surface area contributed by atoms with Crippen LogP contribution in [0.4, 0.5) is 5.69 Å². The number of benzene rings is 1. The summed E-state index contributed by atoms with van der Waals surface area (Å²) in [4.78, 5) is 28.4. The van der Waals surface area contributed by atoms with Gasteiger partial charge in [0.15, 0.2) is 0 Å². The van der Waals surface area contributed by atoms with E-state index in [1.165, 1.54) is 6.26 Å². The van der Waals surface area contributed by atoms with Crippen molar-refractivity contribution in [3.63, 3.8) is 0 Å². The first kappa shape index (κ1) is 18.3. The predicted molar refractivity (Wildman–Crippen MR) is 101 cm³/mol. The molecule has 1 aliphatic heterocycles. The summed E-state index contributed by atoms with van der Waals surface area (Å²) in [6.45, 7) is 4.93. The molecule has 0 aliphatic carbocycles. The average Bonchev–Trinajstić information content (AvgIpc) is 3.08. The van der Waals surface area contributed by atoms with Crippen molar-refractivity contribution in [1.82, 2.24) is 10.2 Å². The van der Waals surface area contributed by atoms with Gasteiger partial charge in [-0.05, 0) is 31.2 Å². The molecule has 1 fully saturated rings. The monoisotopic (exact) mass is 375 g/mol. The van der Waals surface area contributed by atoms with Crippen LogP contribution in [-0.2, 0) is 4.79 Å². The molecule has 0 saturated carbocycles. The second-order valence-electron chi connectivity index (χ2n) is 6.24. The lowest BCUT2D eigenvalue weighted by Gasteiger charge is -2.36. The van der Waals surface area contributed by atoms with Gasteiger partial charge < -0.3 is 19.5 Å². The van der Waals surface area contributed by atoms with E-state index in [2.05, 4.69) is 10.2 Å². The van der Waals surface area contributed by atoms with Crippen molar-refractivity contribution in [3.8, 4) is 0 Å². The Morgan fingerprint density at radius 3 is 2.62 bits per heavy atom. The Kier molecular flexibility index (Phi) is 5.83. The van der Waals surface area contributed by atoms with Crippen LogP contribution in [0.1, 0.15) is 22.5 Å². The molecule has 1 N–H and O–H groups in total. The van der Waals surface area contributed by atoms with Crippen molar-refractivity contribution in [1.29, 1.82) is 0 Å². The van der Waals surface area contributed by atoms with E-state index >= 15 is 0 Å². The van der Waals surface area contributed by atoms with Crippen LogP contribution in [0.5, 0.6) is 0 Å². The number of piperazine rings is 1. The van der Waals surface area contributed by atoms with Crippen molar-refractivity contribution in [2.45, 2.75) is 13.3 Å². The van der Waals surface area contributed by atoms with Gasteiger partial charge >= 0.3 is 0 Å². The molecule has 2 amide bonds. The molecular formula is C19H22ClN3O3. The second-order valence-corrected chi connectivity index (χ2v) is 6.68. The van der Waals surface area contributed by atoms with E-state index in [1.807, 2.05) is 29.2 Å². The quantitative estimate of drug-likeness (QED) is 0.872. The number of carbonyl (C=O) groups excluding carboxylic acids is 2. The summed E-state index contributed by atoms with van der Waals surface area (Å²) in [6.07, 6.45) is 1.77. The Balaban J connectivity index is 1.42. The number of halogens is 1. The van der Waals surface area contributed by atoms with Crippen LogP contribution in [0.3, 0.4) is 0 Å². The zero-order chi connectivity index (χ0) is 18.5. The molecule has 7 heteroatoms. The van der Waals surface area contributed by atoms with Crippen molar-refractivity contribution < 1.29 is 14.0 Å². The van der Waals surface area contributed by atoms with Gasteiger partial charge in [-0.15, -0.1) is 0 Å². The number of hydrogen-bond acceptors (Lipinski definition) is 4. The van der Waals surface area contributed by atoms with Crippen LogP contribution in [0.25, 0.3) is 0 Å². The second kappa shape index (κ2) is 8.27. The third kappa shape index (κ3) is 4.38. The maximum absolute atomic E-state index is 12.3. The van der Waals surface area contributed by atoms with Gasteiger partial charge in [-0.25, -0.2) is 0 Å². The third-order valence-electron chi connectivity index (χ3n) is 4.53. The van der Waals surface area contributed by atoms with Gasteiger partial charge in [-0.1, -0.05) is 17.7 Å². The summed E-state index contributed by atoms with van der Waals surface area (Å²) in [5, 5.41) is 3.48. The summed E-state index contributed by atoms with van der Waals surface area (Å²) in [5.74, 6) is 0.417. The number of anilines is 1. The molecule has 0 unspecified atom stereocenters. The fourth-order valence-corrected chi connectivity index (χ4v) is 3.23. The van der Waals surface area contributed by atoms with Gasteiger partial charge in [0.05, 0.1) is 11.8 Å². The van der Waals surface area contributed by atoms with E-state index in [1.54, 1.807) is 13.0 Å². The summed E-state index contributed by atoms with van der Waals surface area (Å²) in [7, 11) is 0. The Bertz CT molecular complexity index is 782. The van der Waals surface area contributed by atoms with E-state index in [4.69, 9.17) is 16.0 Å². The summed E-state index contributed by atoms with van der Waals surface area (Å²) >= 11 is 6.04. The first-order valence-electron chi connectivity index (χ1n) is 8.65. The zero-order valence-electron chi connectivity index (χ0n) is 14.7. The molecule has 0 radical (unpaired) electrons. The Morgan fingerprint density at radius 1 is 1.19 bits per heavy atom. The fraction of sp³-hybridized carbons (Fsp3) is 0.368. The summed E-state index contributed by atoms with van der Waals surface area (Å²) in [6, 6.07) is 9.37. The van der Waals surface area contributed by atoms with Gasteiger partial charge in [-0.2, -0.15) is 0 Å². The van der Waals surface area contributed by atoms with Crippen LogP contribution in [0.15, 0.2) is 41.0 Å². The number of aryl methyl sites for hydroxylation is 1. The first-order valence-corrected chi connectivity index (χ1v) is 9.03. The van der Waals surface area contributed by atoms with Crippen LogP contribution >= 0.6 is 11.6 Å². The van der Waals surface area contributed by atoms with Gasteiger partial charge in [0, 0.05) is 49.9 Å².